The molecule has 2 N–H and O–H groups in total. The summed E-state index contributed by atoms with van der Waals surface area (Å²) in [7, 11) is 0. The summed E-state index contributed by atoms with van der Waals surface area (Å²) in [4.78, 5) is 0. The molecule has 0 amide bonds. The fraction of sp³-hybridized carbons (Fsp3) is 0.400. The largest absolute Gasteiger partial charge is 0.416 e. The van der Waals surface area contributed by atoms with Crippen LogP contribution in [0, 0.1) is 0 Å². The van der Waals surface area contributed by atoms with Crippen LogP contribution in [-0.4, -0.2) is 6.67 Å². The second-order valence-corrected chi connectivity index (χ2v) is 4.27. The quantitative estimate of drug-likeness (QED) is 0.821. The Labute approximate surface area is 111 Å². The molecule has 98 valence electrons. The number of hydrogen-bond donors (Lipinski definition) is 1. The zero-order chi connectivity index (χ0) is 12.3. The number of benzene rings is 1. The number of nitrogens with two attached hydrogens (primary N) is 1. The van der Waals surface area contributed by atoms with Gasteiger partial charge < -0.3 is 5.73 Å². The summed E-state index contributed by atoms with van der Waals surface area (Å²) in [5.74, 6) is 0. The first-order valence-electron chi connectivity index (χ1n) is 4.54. The molecule has 0 saturated heterocycles. The number of hydrogen-bond acceptors (Lipinski definition) is 1. The van der Waals surface area contributed by atoms with Crippen molar-refractivity contribution in [2.75, 3.05) is 6.67 Å². The van der Waals surface area contributed by atoms with Gasteiger partial charge in [0.25, 0.3) is 0 Å². The van der Waals surface area contributed by atoms with Crippen LogP contribution < -0.4 is 5.73 Å². The van der Waals surface area contributed by atoms with Gasteiger partial charge >= 0.3 is 6.18 Å². The maximum atomic E-state index is 12.5. The number of alkyl halides is 4. The highest BCUT2D eigenvalue weighted by molar-refractivity contribution is 9.10. The third-order valence-corrected chi connectivity index (χ3v) is 2.55. The molecule has 0 unspecified atom stereocenters. The van der Waals surface area contributed by atoms with Crippen LogP contribution >= 0.6 is 28.3 Å². The average Bonchev–Trinajstić information content (AvgIpc) is 2.16. The summed E-state index contributed by atoms with van der Waals surface area (Å²) >= 11 is 2.98. The van der Waals surface area contributed by atoms with Crippen molar-refractivity contribution in [3.05, 3.63) is 33.8 Å². The highest BCUT2D eigenvalue weighted by Crippen LogP contribution is 2.33. The zero-order valence-corrected chi connectivity index (χ0v) is 11.0. The minimum atomic E-state index is -4.42. The van der Waals surface area contributed by atoms with Crippen LogP contribution in [0.15, 0.2) is 22.7 Å². The highest BCUT2D eigenvalue weighted by Gasteiger charge is 2.31. The SMILES string of the molecule is Cl.N[C@H](CCF)c1cc(Br)cc(C(F)(F)F)c1. The highest BCUT2D eigenvalue weighted by atomic mass is 79.9. The van der Waals surface area contributed by atoms with Crippen molar-refractivity contribution in [3.63, 3.8) is 0 Å². The Bertz CT molecular complexity index is 370. The molecule has 0 bridgehead atoms. The molecule has 0 aliphatic rings. The van der Waals surface area contributed by atoms with E-state index in [4.69, 9.17) is 5.73 Å². The van der Waals surface area contributed by atoms with Crippen molar-refractivity contribution in [2.24, 2.45) is 5.73 Å². The fourth-order valence-electron chi connectivity index (χ4n) is 1.27. The van der Waals surface area contributed by atoms with E-state index in [2.05, 4.69) is 15.9 Å². The van der Waals surface area contributed by atoms with Gasteiger partial charge in [0, 0.05) is 10.5 Å². The summed E-state index contributed by atoms with van der Waals surface area (Å²) < 4.78 is 49.7. The molecule has 1 atom stereocenters. The lowest BCUT2D eigenvalue weighted by Crippen LogP contribution is -2.13. The van der Waals surface area contributed by atoms with Crippen LogP contribution in [0.5, 0.6) is 0 Å². The normalized spacial score (nSPS) is 13.1. The van der Waals surface area contributed by atoms with Gasteiger partial charge in [-0.1, -0.05) is 15.9 Å². The smallest absolute Gasteiger partial charge is 0.324 e. The third-order valence-electron chi connectivity index (χ3n) is 2.10. The van der Waals surface area contributed by atoms with Crippen LogP contribution in [0.25, 0.3) is 0 Å². The summed E-state index contributed by atoms with van der Waals surface area (Å²) in [6.07, 6.45) is -4.41. The van der Waals surface area contributed by atoms with Gasteiger partial charge in [0.05, 0.1) is 12.2 Å². The van der Waals surface area contributed by atoms with Gasteiger partial charge in [-0.25, -0.2) is 0 Å². The maximum absolute atomic E-state index is 12.5. The molecular weight excluding hydrogens is 325 g/mol. The molecule has 1 nitrogen and oxygen atoms in total. The van der Waals surface area contributed by atoms with E-state index in [1.807, 2.05) is 0 Å². The molecule has 7 heteroatoms. The van der Waals surface area contributed by atoms with Crippen molar-refractivity contribution in [1.82, 2.24) is 0 Å². The maximum Gasteiger partial charge on any atom is 0.416 e. The van der Waals surface area contributed by atoms with Crippen molar-refractivity contribution in [3.8, 4) is 0 Å². The Morgan fingerprint density at radius 3 is 2.29 bits per heavy atom. The molecule has 0 spiro atoms. The van der Waals surface area contributed by atoms with Gasteiger partial charge in [-0.15, -0.1) is 12.4 Å². The zero-order valence-electron chi connectivity index (χ0n) is 8.60. The van der Waals surface area contributed by atoms with Crippen LogP contribution in [0.1, 0.15) is 23.6 Å². The summed E-state index contributed by atoms with van der Waals surface area (Å²) in [6.45, 7) is -0.658. The third kappa shape index (κ3) is 4.81. The van der Waals surface area contributed by atoms with Crippen LogP contribution in [0.4, 0.5) is 17.6 Å². The molecule has 1 rings (SSSR count). The van der Waals surface area contributed by atoms with Crippen LogP contribution in [0.3, 0.4) is 0 Å². The standard InChI is InChI=1S/C10H10BrF4N.ClH/c11-8-4-6(9(16)1-2-12)3-7(5-8)10(13,14)15;/h3-5,9H,1-2,16H2;1H/t9-;/m1./s1. The van der Waals surface area contributed by atoms with Gasteiger partial charge in [0.1, 0.15) is 0 Å². The van der Waals surface area contributed by atoms with E-state index in [1.165, 1.54) is 6.07 Å². The van der Waals surface area contributed by atoms with Crippen molar-refractivity contribution >= 4 is 28.3 Å². The first-order chi connectivity index (χ1) is 7.34. The fourth-order valence-corrected chi connectivity index (χ4v) is 1.79. The first kappa shape index (κ1) is 16.7. The molecule has 0 radical (unpaired) electrons. The molecule has 0 aliphatic heterocycles. The predicted octanol–water partition coefficient (Wildman–Crippen LogP) is 4.25. The van der Waals surface area contributed by atoms with Gasteiger partial charge in [0.2, 0.25) is 0 Å². The Kier molecular flexibility index (Phi) is 6.43. The van der Waals surface area contributed by atoms with Gasteiger partial charge in [-0.2, -0.15) is 13.2 Å². The number of rotatable bonds is 3. The van der Waals surface area contributed by atoms with E-state index >= 15 is 0 Å². The topological polar surface area (TPSA) is 26.0 Å². The average molecular weight is 337 g/mol. The summed E-state index contributed by atoms with van der Waals surface area (Å²) in [5.41, 5.74) is 5.05. The van der Waals surface area contributed by atoms with Gasteiger partial charge in [-0.3, -0.25) is 4.39 Å². The lowest BCUT2D eigenvalue weighted by molar-refractivity contribution is -0.137. The minimum absolute atomic E-state index is 0. The summed E-state index contributed by atoms with van der Waals surface area (Å²) in [6, 6.07) is 2.66. The molecular formula is C10H11BrClF4N. The lowest BCUT2D eigenvalue weighted by atomic mass is 10.0. The van der Waals surface area contributed by atoms with Crippen molar-refractivity contribution in [1.29, 1.82) is 0 Å². The Balaban J connectivity index is 0.00000256. The molecule has 1 aromatic carbocycles. The van der Waals surface area contributed by atoms with Crippen molar-refractivity contribution < 1.29 is 17.6 Å². The Hall–Kier alpha value is -0.330. The van der Waals surface area contributed by atoms with E-state index in [1.54, 1.807) is 0 Å². The molecule has 0 saturated carbocycles. The van der Waals surface area contributed by atoms with E-state index in [0.717, 1.165) is 12.1 Å². The second kappa shape index (κ2) is 6.56. The van der Waals surface area contributed by atoms with E-state index < -0.39 is 24.5 Å². The van der Waals surface area contributed by atoms with Crippen LogP contribution in [-0.2, 0) is 6.18 Å². The van der Waals surface area contributed by atoms with E-state index in [-0.39, 0.29) is 28.9 Å². The molecule has 1 aromatic rings. The van der Waals surface area contributed by atoms with E-state index in [0.29, 0.717) is 0 Å². The van der Waals surface area contributed by atoms with Crippen LogP contribution in [0.2, 0.25) is 0 Å². The lowest BCUT2D eigenvalue weighted by Gasteiger charge is -2.14. The second-order valence-electron chi connectivity index (χ2n) is 3.36. The molecule has 17 heavy (non-hydrogen) atoms. The van der Waals surface area contributed by atoms with Crippen molar-refractivity contribution in [2.45, 2.75) is 18.6 Å². The summed E-state index contributed by atoms with van der Waals surface area (Å²) in [5, 5.41) is 0. The van der Waals surface area contributed by atoms with Gasteiger partial charge in [-0.05, 0) is 30.2 Å². The van der Waals surface area contributed by atoms with Gasteiger partial charge in [0.15, 0.2) is 0 Å². The Morgan fingerprint density at radius 2 is 1.82 bits per heavy atom. The molecule has 0 aromatic heterocycles. The molecule has 0 fully saturated rings. The first-order valence-corrected chi connectivity index (χ1v) is 5.33. The van der Waals surface area contributed by atoms with E-state index in [9.17, 15) is 17.6 Å². The Morgan fingerprint density at radius 1 is 1.24 bits per heavy atom. The monoisotopic (exact) mass is 335 g/mol. The number of halogens is 6. The minimum Gasteiger partial charge on any atom is -0.324 e. The molecule has 0 heterocycles. The molecule has 0 aliphatic carbocycles. The predicted molar refractivity (Wildman–Crippen MR) is 63.9 cm³/mol.